The molecule has 84 heavy (non-hydrogen) atoms. The molecule has 8 rings (SSSR count). The minimum absolute atomic E-state index is 0.0183. The van der Waals surface area contributed by atoms with Gasteiger partial charge in [0.1, 0.15) is 48.8 Å². The standard InChI is InChI=1S/C68H89O14PSi/c1-6-11-43-76-83(69,77-44-12-7-2)81-68-66(82-84(8-3,9-4)10-5)64(74-49-57-39-27-17-28-40-57)62(60(79-68)52-71-46-54-33-21-14-22-34-54)80-67-65(75-50-58-41-29-18-30-42-58)63(73-48-56-37-25-16-26-38-56)61(72-47-55-35-23-15-24-36-55)59(78-67)51-70-45-53-31-19-13-20-32-53/h13-42,59-68H,6-12,43-52H2,1-5H3/t59-,60-,61+,62-,63+,64+,65-,66-,67+,68+/m1/s1. The van der Waals surface area contributed by atoms with E-state index in [2.05, 4.69) is 20.8 Å². The lowest BCUT2D eigenvalue weighted by Gasteiger charge is -2.51. The summed E-state index contributed by atoms with van der Waals surface area (Å²) in [6.45, 7) is 12.4. The monoisotopic (exact) mass is 1190 g/mol. The van der Waals surface area contributed by atoms with Crippen molar-refractivity contribution >= 4 is 16.1 Å². The molecule has 2 fully saturated rings. The van der Waals surface area contributed by atoms with Crippen LogP contribution in [0.2, 0.25) is 18.1 Å². The van der Waals surface area contributed by atoms with Crippen molar-refractivity contribution in [2.24, 2.45) is 0 Å². The fourth-order valence-electron chi connectivity index (χ4n) is 10.4. The van der Waals surface area contributed by atoms with E-state index in [-0.39, 0.29) is 59.5 Å². The number of hydrogen-bond donors (Lipinski definition) is 0. The lowest BCUT2D eigenvalue weighted by atomic mass is 9.96. The number of unbranched alkanes of at least 4 members (excludes halogenated alkanes) is 2. The van der Waals surface area contributed by atoms with Crippen molar-refractivity contribution in [3.05, 3.63) is 215 Å². The largest absolute Gasteiger partial charge is 0.477 e. The Morgan fingerprint density at radius 1 is 0.393 bits per heavy atom. The van der Waals surface area contributed by atoms with E-state index >= 15 is 4.57 Å². The van der Waals surface area contributed by atoms with Crippen molar-refractivity contribution in [3.8, 4) is 0 Å². The topological polar surface area (TPSA) is 137 Å². The van der Waals surface area contributed by atoms with Gasteiger partial charge in [-0.2, -0.15) is 0 Å². The van der Waals surface area contributed by atoms with Crippen LogP contribution in [-0.4, -0.2) is 96.2 Å². The quantitative estimate of drug-likeness (QED) is 0.0208. The van der Waals surface area contributed by atoms with Gasteiger partial charge in [-0.05, 0) is 64.4 Å². The summed E-state index contributed by atoms with van der Waals surface area (Å²) in [5, 5.41) is 0. The highest BCUT2D eigenvalue weighted by Crippen LogP contribution is 2.53. The van der Waals surface area contributed by atoms with Crippen LogP contribution in [0, 0.1) is 0 Å². The van der Waals surface area contributed by atoms with E-state index < -0.39 is 77.6 Å². The SMILES string of the molecule is CCCCOP(=O)(OCCCC)O[C@@H]1O[C@H](COCc2ccccc2)[C@@H](O[C@@H]2O[C@H](COCc3ccccc3)[C@H](OCc3ccccc3)[C@H](OCc3ccccc3)[C@H]2OCc2ccccc2)[C@H](OCc2ccccc2)[C@H]1O[Si](CC)(CC)CC. The van der Waals surface area contributed by atoms with E-state index in [1.54, 1.807) is 0 Å². The van der Waals surface area contributed by atoms with Gasteiger partial charge >= 0.3 is 7.82 Å². The summed E-state index contributed by atoms with van der Waals surface area (Å²) in [4.78, 5) is 0. The second-order valence-corrected chi connectivity index (χ2v) is 27.8. The van der Waals surface area contributed by atoms with E-state index in [9.17, 15) is 0 Å². The van der Waals surface area contributed by atoms with Gasteiger partial charge in [-0.25, -0.2) is 4.57 Å². The molecule has 0 aromatic heterocycles. The normalized spacial score (nSPS) is 22.9. The molecule has 2 saturated heterocycles. The Bertz CT molecular complexity index is 2710. The highest BCUT2D eigenvalue weighted by atomic mass is 31.2. The summed E-state index contributed by atoms with van der Waals surface area (Å²) in [5.74, 6) is 0. The first-order chi connectivity index (χ1) is 41.2. The molecule has 10 atom stereocenters. The average molecular weight is 1190 g/mol. The summed E-state index contributed by atoms with van der Waals surface area (Å²) >= 11 is 0. The molecule has 14 nitrogen and oxygen atoms in total. The summed E-state index contributed by atoms with van der Waals surface area (Å²) in [6.07, 6.45) is -6.88. The zero-order valence-electron chi connectivity index (χ0n) is 49.8. The van der Waals surface area contributed by atoms with Crippen molar-refractivity contribution < 1.29 is 65.2 Å². The zero-order chi connectivity index (χ0) is 58.7. The van der Waals surface area contributed by atoms with Crippen LogP contribution in [0.5, 0.6) is 0 Å². The third kappa shape index (κ3) is 19.9. The summed E-state index contributed by atoms with van der Waals surface area (Å²) in [5.41, 5.74) is 5.75. The van der Waals surface area contributed by atoms with Crippen molar-refractivity contribution in [2.75, 3.05) is 26.4 Å². The van der Waals surface area contributed by atoms with Crippen LogP contribution in [0.25, 0.3) is 0 Å². The van der Waals surface area contributed by atoms with Crippen molar-refractivity contribution in [3.63, 3.8) is 0 Å². The second-order valence-electron chi connectivity index (χ2n) is 21.5. The molecule has 0 spiro atoms. The molecule has 6 aromatic carbocycles. The van der Waals surface area contributed by atoms with E-state index in [0.29, 0.717) is 19.4 Å². The first-order valence-corrected chi connectivity index (χ1v) is 34.3. The van der Waals surface area contributed by atoms with E-state index in [1.165, 1.54) is 0 Å². The molecule has 0 radical (unpaired) electrons. The van der Waals surface area contributed by atoms with E-state index in [0.717, 1.165) is 64.4 Å². The van der Waals surface area contributed by atoms with Gasteiger partial charge in [-0.1, -0.05) is 229 Å². The third-order valence-electron chi connectivity index (χ3n) is 15.4. The molecule has 454 valence electrons. The number of ether oxygens (including phenoxy) is 9. The van der Waals surface area contributed by atoms with Gasteiger partial charge in [-0.15, -0.1) is 0 Å². The van der Waals surface area contributed by atoms with Crippen LogP contribution in [0.4, 0.5) is 0 Å². The lowest BCUT2D eigenvalue weighted by molar-refractivity contribution is -0.369. The molecule has 0 aliphatic carbocycles. The number of phosphoric ester groups is 1. The summed E-state index contributed by atoms with van der Waals surface area (Å²) in [6, 6.07) is 62.4. The predicted octanol–water partition coefficient (Wildman–Crippen LogP) is 14.7. The molecule has 2 aliphatic rings. The van der Waals surface area contributed by atoms with Crippen LogP contribution in [0.15, 0.2) is 182 Å². The van der Waals surface area contributed by atoms with Crippen LogP contribution in [0.1, 0.15) is 93.7 Å². The Balaban J connectivity index is 1.27. The van der Waals surface area contributed by atoms with E-state index in [4.69, 9.17) is 60.6 Å². The first kappa shape index (κ1) is 65.2. The molecule has 2 heterocycles. The molecular formula is C68H89O14PSi. The predicted molar refractivity (Wildman–Crippen MR) is 327 cm³/mol. The van der Waals surface area contributed by atoms with Gasteiger partial charge in [0.25, 0.3) is 0 Å². The van der Waals surface area contributed by atoms with E-state index in [1.807, 2.05) is 196 Å². The number of hydrogen-bond acceptors (Lipinski definition) is 14. The Hall–Kier alpha value is -4.75. The molecule has 0 unspecified atom stereocenters. The molecule has 0 saturated carbocycles. The molecule has 0 N–H and O–H groups in total. The molecule has 0 bridgehead atoms. The van der Waals surface area contributed by atoms with Crippen molar-refractivity contribution in [1.29, 1.82) is 0 Å². The fraction of sp³-hybridized carbons (Fsp3) is 0.471. The fourth-order valence-corrected chi connectivity index (χ4v) is 14.5. The number of rotatable bonds is 37. The van der Waals surface area contributed by atoms with Gasteiger partial charge in [0.15, 0.2) is 20.9 Å². The highest BCUT2D eigenvalue weighted by Gasteiger charge is 2.57. The van der Waals surface area contributed by atoms with Crippen LogP contribution in [-0.2, 0) is 105 Å². The van der Waals surface area contributed by atoms with Crippen LogP contribution >= 0.6 is 7.82 Å². The highest BCUT2D eigenvalue weighted by molar-refractivity contribution is 7.48. The Kier molecular flexibility index (Phi) is 27.3. The number of phosphoric acid groups is 1. The van der Waals surface area contributed by atoms with Gasteiger partial charge in [0, 0.05) is 0 Å². The van der Waals surface area contributed by atoms with Gasteiger partial charge in [-0.3, -0.25) is 13.6 Å². The summed E-state index contributed by atoms with van der Waals surface area (Å²) < 4.78 is 106. The summed E-state index contributed by atoms with van der Waals surface area (Å²) in [7, 11) is -6.95. The van der Waals surface area contributed by atoms with Gasteiger partial charge < -0.3 is 47.1 Å². The Morgan fingerprint density at radius 3 is 1.11 bits per heavy atom. The minimum atomic E-state index is -4.32. The smallest absolute Gasteiger partial charge is 0.406 e. The molecule has 16 heteroatoms. The van der Waals surface area contributed by atoms with Crippen LogP contribution in [0.3, 0.4) is 0 Å². The molecule has 6 aromatic rings. The Morgan fingerprint density at radius 2 is 0.726 bits per heavy atom. The van der Waals surface area contributed by atoms with Crippen LogP contribution < -0.4 is 0 Å². The average Bonchev–Trinajstić information content (AvgIpc) is 2.17. The lowest BCUT2D eigenvalue weighted by Crippen LogP contribution is -2.67. The minimum Gasteiger partial charge on any atom is -0.406 e. The Labute approximate surface area is 500 Å². The zero-order valence-corrected chi connectivity index (χ0v) is 51.7. The third-order valence-corrected chi connectivity index (χ3v) is 21.6. The maximum Gasteiger partial charge on any atom is 0.477 e. The second kappa shape index (κ2) is 35.2. The molecular weight excluding hydrogens is 1100 g/mol. The van der Waals surface area contributed by atoms with Gasteiger partial charge in [0.05, 0.1) is 66.1 Å². The van der Waals surface area contributed by atoms with Crippen molar-refractivity contribution in [2.45, 2.75) is 179 Å². The maximum absolute atomic E-state index is 15.2. The molecule has 0 amide bonds. The van der Waals surface area contributed by atoms with Gasteiger partial charge in [0.2, 0.25) is 0 Å². The maximum atomic E-state index is 15.2. The molecule has 2 aliphatic heterocycles. The number of benzene rings is 6. The first-order valence-electron chi connectivity index (χ1n) is 30.3. The van der Waals surface area contributed by atoms with Crippen molar-refractivity contribution in [1.82, 2.24) is 0 Å².